The summed E-state index contributed by atoms with van der Waals surface area (Å²) in [7, 11) is 3.24. The molecule has 0 saturated carbocycles. The summed E-state index contributed by atoms with van der Waals surface area (Å²) in [6, 6.07) is 14.5. The average molecular weight is 439 g/mol. The van der Waals surface area contributed by atoms with E-state index in [0.29, 0.717) is 30.2 Å². The first-order valence-corrected chi connectivity index (χ1v) is 10.6. The summed E-state index contributed by atoms with van der Waals surface area (Å²) in [6.07, 6.45) is 1.86. The van der Waals surface area contributed by atoms with Crippen molar-refractivity contribution in [2.45, 2.75) is 20.0 Å². The third-order valence-electron chi connectivity index (χ3n) is 4.85. The lowest BCUT2D eigenvalue weighted by Crippen LogP contribution is -2.02. The molecule has 0 saturated heterocycles. The number of rotatable bonds is 8. The molecule has 0 aliphatic carbocycles. The maximum Gasteiger partial charge on any atom is 0.183 e. The van der Waals surface area contributed by atoms with Crippen LogP contribution in [-0.4, -0.2) is 29.0 Å². The van der Waals surface area contributed by atoms with Gasteiger partial charge in [0.25, 0.3) is 0 Å². The number of thiazole rings is 1. The van der Waals surface area contributed by atoms with E-state index in [1.165, 1.54) is 6.07 Å². The van der Waals surface area contributed by atoms with Crippen LogP contribution in [0.3, 0.4) is 0 Å². The van der Waals surface area contributed by atoms with Crippen LogP contribution in [0.2, 0.25) is 0 Å². The highest BCUT2D eigenvalue weighted by molar-refractivity contribution is 7.19. The van der Waals surface area contributed by atoms with E-state index in [4.69, 9.17) is 9.47 Å². The Morgan fingerprint density at radius 2 is 1.87 bits per heavy atom. The van der Waals surface area contributed by atoms with E-state index < -0.39 is 0 Å². The second-order valence-corrected chi connectivity index (χ2v) is 7.97. The number of hydrogen-bond donors (Lipinski definition) is 1. The number of nitrogens with one attached hydrogen (secondary N) is 1. The Bertz CT molecular complexity index is 1190. The maximum atomic E-state index is 13.9. The standard InChI is InChI=1S/C23H23FN4O2S/c1-15-22(19-10-11-28(27-19)14-17-6-4-5-7-18(17)24)31-23(26-15)25-13-16-8-9-20(29-2)21(12-16)30-3/h4-12H,13-14H2,1-3H3,(H,25,26). The van der Waals surface area contributed by atoms with E-state index in [-0.39, 0.29) is 5.82 Å². The number of halogens is 1. The molecule has 4 rings (SSSR count). The molecule has 31 heavy (non-hydrogen) atoms. The third kappa shape index (κ3) is 4.69. The van der Waals surface area contributed by atoms with Crippen molar-refractivity contribution in [3.05, 3.63) is 77.4 Å². The highest BCUT2D eigenvalue weighted by atomic mass is 32.1. The van der Waals surface area contributed by atoms with Crippen LogP contribution in [0.4, 0.5) is 9.52 Å². The van der Waals surface area contributed by atoms with Crippen LogP contribution in [0.15, 0.2) is 54.7 Å². The topological polar surface area (TPSA) is 61.2 Å². The summed E-state index contributed by atoms with van der Waals surface area (Å²) in [6.45, 7) is 2.95. The fraction of sp³-hybridized carbons (Fsp3) is 0.217. The quantitative estimate of drug-likeness (QED) is 0.413. The third-order valence-corrected chi connectivity index (χ3v) is 5.99. The zero-order valence-corrected chi connectivity index (χ0v) is 18.4. The first-order valence-electron chi connectivity index (χ1n) is 9.77. The average Bonchev–Trinajstić information content (AvgIpc) is 3.39. The van der Waals surface area contributed by atoms with E-state index in [1.54, 1.807) is 42.4 Å². The van der Waals surface area contributed by atoms with Gasteiger partial charge in [-0.25, -0.2) is 9.37 Å². The molecular weight excluding hydrogens is 415 g/mol. The second kappa shape index (κ2) is 9.18. The van der Waals surface area contributed by atoms with Crippen molar-refractivity contribution in [3.8, 4) is 22.1 Å². The van der Waals surface area contributed by atoms with Crippen LogP contribution in [-0.2, 0) is 13.1 Å². The van der Waals surface area contributed by atoms with Crippen molar-refractivity contribution in [1.82, 2.24) is 14.8 Å². The van der Waals surface area contributed by atoms with E-state index in [0.717, 1.165) is 27.0 Å². The van der Waals surface area contributed by atoms with Crippen molar-refractivity contribution in [2.24, 2.45) is 0 Å². The molecule has 160 valence electrons. The minimum atomic E-state index is -0.227. The Morgan fingerprint density at radius 1 is 1.06 bits per heavy atom. The molecular formula is C23H23FN4O2S. The molecule has 1 N–H and O–H groups in total. The molecule has 0 bridgehead atoms. The zero-order valence-electron chi connectivity index (χ0n) is 17.6. The fourth-order valence-corrected chi connectivity index (χ4v) is 4.18. The lowest BCUT2D eigenvalue weighted by atomic mass is 10.2. The van der Waals surface area contributed by atoms with Gasteiger partial charge >= 0.3 is 0 Å². The minimum absolute atomic E-state index is 0.227. The van der Waals surface area contributed by atoms with Gasteiger partial charge in [-0.3, -0.25) is 4.68 Å². The van der Waals surface area contributed by atoms with Crippen molar-refractivity contribution in [2.75, 3.05) is 19.5 Å². The van der Waals surface area contributed by atoms with Gasteiger partial charge in [0.15, 0.2) is 16.6 Å². The van der Waals surface area contributed by atoms with Crippen molar-refractivity contribution >= 4 is 16.5 Å². The summed E-state index contributed by atoms with van der Waals surface area (Å²) in [5.74, 6) is 1.16. The van der Waals surface area contributed by atoms with Gasteiger partial charge in [-0.2, -0.15) is 5.10 Å². The molecule has 0 fully saturated rings. The van der Waals surface area contributed by atoms with Gasteiger partial charge in [0, 0.05) is 18.3 Å². The van der Waals surface area contributed by atoms with E-state index in [9.17, 15) is 4.39 Å². The van der Waals surface area contributed by atoms with Gasteiger partial charge in [-0.05, 0) is 36.8 Å². The van der Waals surface area contributed by atoms with Gasteiger partial charge in [0.1, 0.15) is 11.5 Å². The molecule has 0 spiro atoms. The van der Waals surface area contributed by atoms with Crippen LogP contribution >= 0.6 is 11.3 Å². The predicted molar refractivity (Wildman–Crippen MR) is 120 cm³/mol. The summed E-state index contributed by atoms with van der Waals surface area (Å²) in [5, 5.41) is 8.79. The smallest absolute Gasteiger partial charge is 0.183 e. The molecule has 2 heterocycles. The molecule has 0 aliphatic rings. The first kappa shape index (κ1) is 20.9. The molecule has 0 amide bonds. The number of hydrogen-bond acceptors (Lipinski definition) is 6. The SMILES string of the molecule is COc1ccc(CNc2nc(C)c(-c3ccn(Cc4ccccc4F)n3)s2)cc1OC. The number of anilines is 1. The minimum Gasteiger partial charge on any atom is -0.493 e. The van der Waals surface area contributed by atoms with Gasteiger partial charge in [0.05, 0.1) is 31.3 Å². The lowest BCUT2D eigenvalue weighted by Gasteiger charge is -2.09. The van der Waals surface area contributed by atoms with Crippen LogP contribution in [0, 0.1) is 12.7 Å². The van der Waals surface area contributed by atoms with Crippen molar-refractivity contribution < 1.29 is 13.9 Å². The van der Waals surface area contributed by atoms with Gasteiger partial charge in [-0.1, -0.05) is 35.6 Å². The number of ether oxygens (including phenoxy) is 2. The Balaban J connectivity index is 1.46. The first-order chi connectivity index (χ1) is 15.1. The number of aromatic nitrogens is 3. The molecule has 0 atom stereocenters. The number of aryl methyl sites for hydroxylation is 1. The van der Waals surface area contributed by atoms with Crippen molar-refractivity contribution in [3.63, 3.8) is 0 Å². The Hall–Kier alpha value is -3.39. The van der Waals surface area contributed by atoms with Crippen molar-refractivity contribution in [1.29, 1.82) is 0 Å². The fourth-order valence-electron chi connectivity index (χ4n) is 3.25. The monoisotopic (exact) mass is 438 g/mol. The predicted octanol–water partition coefficient (Wildman–Crippen LogP) is 5.13. The maximum absolute atomic E-state index is 13.9. The molecule has 0 unspecified atom stereocenters. The lowest BCUT2D eigenvalue weighted by molar-refractivity contribution is 0.354. The number of methoxy groups -OCH3 is 2. The van der Waals surface area contributed by atoms with E-state index in [1.807, 2.05) is 43.5 Å². The van der Waals surface area contributed by atoms with Crippen LogP contribution in [0.25, 0.3) is 10.6 Å². The Labute approximate surface area is 184 Å². The second-order valence-electron chi connectivity index (χ2n) is 6.97. The highest BCUT2D eigenvalue weighted by Gasteiger charge is 2.13. The largest absolute Gasteiger partial charge is 0.493 e. The van der Waals surface area contributed by atoms with Crippen LogP contribution in [0.1, 0.15) is 16.8 Å². The molecule has 6 nitrogen and oxygen atoms in total. The molecule has 8 heteroatoms. The van der Waals surface area contributed by atoms with E-state index in [2.05, 4.69) is 15.4 Å². The normalized spacial score (nSPS) is 10.8. The van der Waals surface area contributed by atoms with E-state index >= 15 is 0 Å². The molecule has 0 aliphatic heterocycles. The van der Waals surface area contributed by atoms with Crippen LogP contribution < -0.4 is 14.8 Å². The molecule has 4 aromatic rings. The molecule has 0 radical (unpaired) electrons. The molecule has 2 aromatic carbocycles. The van der Waals surface area contributed by atoms with Gasteiger partial charge in [0.2, 0.25) is 0 Å². The Kier molecular flexibility index (Phi) is 6.18. The summed E-state index contributed by atoms with van der Waals surface area (Å²) in [4.78, 5) is 5.62. The van der Waals surface area contributed by atoms with Crippen LogP contribution in [0.5, 0.6) is 11.5 Å². The summed E-state index contributed by atoms with van der Waals surface area (Å²) >= 11 is 1.54. The summed E-state index contributed by atoms with van der Waals surface area (Å²) in [5.41, 5.74) is 3.39. The highest BCUT2D eigenvalue weighted by Crippen LogP contribution is 2.32. The number of benzene rings is 2. The zero-order chi connectivity index (χ0) is 21.8. The van der Waals surface area contributed by atoms with Gasteiger partial charge < -0.3 is 14.8 Å². The summed E-state index contributed by atoms with van der Waals surface area (Å²) < 4.78 is 26.3. The van der Waals surface area contributed by atoms with Gasteiger partial charge in [-0.15, -0.1) is 0 Å². The molecule has 2 aromatic heterocycles. The Morgan fingerprint density at radius 3 is 2.65 bits per heavy atom. The number of nitrogens with zero attached hydrogens (tertiary/aromatic N) is 3.